The molecule has 21 heavy (non-hydrogen) atoms. The Hall–Kier alpha value is -2.27. The molecule has 2 heterocycles. The first-order valence-corrected chi connectivity index (χ1v) is 7.56. The summed E-state index contributed by atoms with van der Waals surface area (Å²) in [7, 11) is 5.87. The number of hydrogen-bond acceptors (Lipinski definition) is 3. The molecule has 108 valence electrons. The number of amides is 1. The Balaban J connectivity index is 1.87. The van der Waals surface area contributed by atoms with E-state index in [1.165, 1.54) is 0 Å². The highest BCUT2D eigenvalue weighted by Gasteiger charge is 2.14. The number of benzene rings is 1. The van der Waals surface area contributed by atoms with Crippen molar-refractivity contribution in [2.75, 3.05) is 24.3 Å². The van der Waals surface area contributed by atoms with Crippen LogP contribution in [0.1, 0.15) is 10.5 Å². The van der Waals surface area contributed by atoms with Crippen LogP contribution in [0.2, 0.25) is 0 Å². The molecule has 3 rings (SSSR count). The fourth-order valence-corrected chi connectivity index (χ4v) is 3.17. The Morgan fingerprint density at radius 1 is 1.24 bits per heavy atom. The SMILES string of the molecule is CN(C)c1cccc(NC(=O)c2cc3sccc3n2C)c1. The number of carbonyl (C=O) groups is 1. The van der Waals surface area contributed by atoms with Crippen molar-refractivity contribution in [3.63, 3.8) is 0 Å². The van der Waals surface area contributed by atoms with E-state index in [-0.39, 0.29) is 5.91 Å². The van der Waals surface area contributed by atoms with Crippen LogP contribution in [0.4, 0.5) is 11.4 Å². The normalized spacial score (nSPS) is 10.8. The van der Waals surface area contributed by atoms with Gasteiger partial charge in [-0.1, -0.05) is 6.07 Å². The fraction of sp³-hybridized carbons (Fsp3) is 0.188. The molecule has 0 saturated heterocycles. The number of thiophene rings is 1. The number of hydrogen-bond donors (Lipinski definition) is 1. The molecule has 0 aliphatic heterocycles. The van der Waals surface area contributed by atoms with Crippen molar-refractivity contribution < 1.29 is 4.79 Å². The number of anilines is 2. The second-order valence-corrected chi connectivity index (χ2v) is 6.11. The molecule has 1 amide bonds. The Labute approximate surface area is 127 Å². The summed E-state index contributed by atoms with van der Waals surface area (Å²) < 4.78 is 3.06. The molecule has 0 radical (unpaired) electrons. The maximum Gasteiger partial charge on any atom is 0.272 e. The number of nitrogens with one attached hydrogen (secondary N) is 1. The van der Waals surface area contributed by atoms with Crippen molar-refractivity contribution in [3.05, 3.63) is 47.5 Å². The molecular weight excluding hydrogens is 282 g/mol. The van der Waals surface area contributed by atoms with Crippen molar-refractivity contribution in [1.82, 2.24) is 4.57 Å². The summed E-state index contributed by atoms with van der Waals surface area (Å²) in [6, 6.07) is 11.8. The van der Waals surface area contributed by atoms with Gasteiger partial charge in [0, 0.05) is 32.5 Å². The number of nitrogens with zero attached hydrogens (tertiary/aromatic N) is 2. The maximum absolute atomic E-state index is 12.4. The van der Waals surface area contributed by atoms with Gasteiger partial charge in [-0.25, -0.2) is 0 Å². The van der Waals surface area contributed by atoms with Crippen molar-refractivity contribution in [2.24, 2.45) is 7.05 Å². The summed E-state index contributed by atoms with van der Waals surface area (Å²) in [5.74, 6) is -0.0863. The number of aromatic nitrogens is 1. The third kappa shape index (κ3) is 2.52. The van der Waals surface area contributed by atoms with Crippen molar-refractivity contribution in [2.45, 2.75) is 0 Å². The van der Waals surface area contributed by atoms with Gasteiger partial charge in [-0.15, -0.1) is 11.3 Å². The molecule has 0 unspecified atom stereocenters. The van der Waals surface area contributed by atoms with Crippen LogP contribution < -0.4 is 10.2 Å². The van der Waals surface area contributed by atoms with Gasteiger partial charge < -0.3 is 14.8 Å². The van der Waals surface area contributed by atoms with E-state index in [4.69, 9.17) is 0 Å². The van der Waals surface area contributed by atoms with Gasteiger partial charge in [-0.2, -0.15) is 0 Å². The maximum atomic E-state index is 12.4. The highest BCUT2D eigenvalue weighted by Crippen LogP contribution is 2.25. The van der Waals surface area contributed by atoms with Gasteiger partial charge in [0.05, 0.1) is 10.2 Å². The number of aryl methyl sites for hydroxylation is 1. The summed E-state index contributed by atoms with van der Waals surface area (Å²) in [4.78, 5) is 14.5. The van der Waals surface area contributed by atoms with Gasteiger partial charge in [0.25, 0.3) is 5.91 Å². The first-order valence-electron chi connectivity index (χ1n) is 6.68. The standard InChI is InChI=1S/C16H17N3OS/c1-18(2)12-6-4-5-11(9-12)17-16(20)14-10-15-13(19(14)3)7-8-21-15/h4-10H,1-3H3,(H,17,20). The molecule has 0 spiro atoms. The summed E-state index contributed by atoms with van der Waals surface area (Å²) in [5.41, 5.74) is 3.62. The van der Waals surface area contributed by atoms with E-state index >= 15 is 0 Å². The minimum atomic E-state index is -0.0863. The second-order valence-electron chi connectivity index (χ2n) is 5.16. The second kappa shape index (κ2) is 5.26. The topological polar surface area (TPSA) is 37.3 Å². The Morgan fingerprint density at radius 2 is 2.05 bits per heavy atom. The Morgan fingerprint density at radius 3 is 2.76 bits per heavy atom. The summed E-state index contributed by atoms with van der Waals surface area (Å²) >= 11 is 1.64. The van der Waals surface area contributed by atoms with Gasteiger partial charge in [0.1, 0.15) is 5.69 Å². The smallest absolute Gasteiger partial charge is 0.272 e. The summed E-state index contributed by atoms with van der Waals surface area (Å²) in [6.07, 6.45) is 0. The average Bonchev–Trinajstić information content (AvgIpc) is 3.02. The summed E-state index contributed by atoms with van der Waals surface area (Å²) in [5, 5.41) is 5.00. The molecule has 0 aliphatic rings. The monoisotopic (exact) mass is 299 g/mol. The van der Waals surface area contributed by atoms with Crippen molar-refractivity contribution in [1.29, 1.82) is 0 Å². The van der Waals surface area contributed by atoms with Crippen LogP contribution in [-0.2, 0) is 7.05 Å². The lowest BCUT2D eigenvalue weighted by Crippen LogP contribution is -2.16. The molecular formula is C16H17N3OS. The Bertz CT molecular complexity index is 801. The number of fused-ring (bicyclic) bond motifs is 1. The zero-order valence-electron chi connectivity index (χ0n) is 12.3. The first kappa shape index (κ1) is 13.7. The molecule has 2 aromatic heterocycles. The van der Waals surface area contributed by atoms with Gasteiger partial charge >= 0.3 is 0 Å². The van der Waals surface area contributed by atoms with Crippen LogP contribution >= 0.6 is 11.3 Å². The highest BCUT2D eigenvalue weighted by molar-refractivity contribution is 7.17. The van der Waals surface area contributed by atoms with Gasteiger partial charge in [0.15, 0.2) is 0 Å². The van der Waals surface area contributed by atoms with E-state index in [1.54, 1.807) is 11.3 Å². The quantitative estimate of drug-likeness (QED) is 0.803. The van der Waals surface area contributed by atoms with Crippen LogP contribution in [0.5, 0.6) is 0 Å². The molecule has 4 nitrogen and oxygen atoms in total. The van der Waals surface area contributed by atoms with E-state index in [1.807, 2.05) is 72.4 Å². The highest BCUT2D eigenvalue weighted by atomic mass is 32.1. The molecule has 0 fully saturated rings. The van der Waals surface area contributed by atoms with Crippen LogP contribution in [0.3, 0.4) is 0 Å². The lowest BCUT2D eigenvalue weighted by molar-refractivity contribution is 0.102. The molecule has 0 aliphatic carbocycles. The predicted octanol–water partition coefficient (Wildman–Crippen LogP) is 3.56. The van der Waals surface area contributed by atoms with Gasteiger partial charge in [0.2, 0.25) is 0 Å². The van der Waals surface area contributed by atoms with Crippen LogP contribution in [0.15, 0.2) is 41.8 Å². The number of carbonyl (C=O) groups excluding carboxylic acids is 1. The minimum absolute atomic E-state index is 0.0863. The van der Waals surface area contributed by atoms with Crippen molar-refractivity contribution >= 4 is 38.8 Å². The minimum Gasteiger partial charge on any atom is -0.378 e. The molecule has 1 N–H and O–H groups in total. The van der Waals surface area contributed by atoms with Gasteiger partial charge in [-0.3, -0.25) is 4.79 Å². The van der Waals surface area contributed by atoms with E-state index in [2.05, 4.69) is 5.32 Å². The van der Waals surface area contributed by atoms with E-state index in [0.717, 1.165) is 21.6 Å². The van der Waals surface area contributed by atoms with Crippen LogP contribution in [0, 0.1) is 0 Å². The molecule has 1 aromatic carbocycles. The van der Waals surface area contributed by atoms with Crippen LogP contribution in [0.25, 0.3) is 10.2 Å². The van der Waals surface area contributed by atoms with E-state index < -0.39 is 0 Å². The van der Waals surface area contributed by atoms with Crippen molar-refractivity contribution in [3.8, 4) is 0 Å². The van der Waals surface area contributed by atoms with Crippen LogP contribution in [-0.4, -0.2) is 24.6 Å². The van der Waals surface area contributed by atoms with E-state index in [9.17, 15) is 4.79 Å². The lowest BCUT2D eigenvalue weighted by atomic mass is 10.2. The molecule has 0 atom stereocenters. The Kier molecular flexibility index (Phi) is 3.43. The van der Waals surface area contributed by atoms with Gasteiger partial charge in [-0.05, 0) is 35.7 Å². The molecule has 0 saturated carbocycles. The zero-order chi connectivity index (χ0) is 15.0. The lowest BCUT2D eigenvalue weighted by Gasteiger charge is -2.14. The predicted molar refractivity (Wildman–Crippen MR) is 89.5 cm³/mol. The fourth-order valence-electron chi connectivity index (χ4n) is 2.32. The molecule has 5 heteroatoms. The summed E-state index contributed by atoms with van der Waals surface area (Å²) in [6.45, 7) is 0. The molecule has 0 bridgehead atoms. The third-order valence-corrected chi connectivity index (χ3v) is 4.37. The van der Waals surface area contributed by atoms with E-state index in [0.29, 0.717) is 5.69 Å². The zero-order valence-corrected chi connectivity index (χ0v) is 13.1. The molecule has 3 aromatic rings. The third-order valence-electron chi connectivity index (χ3n) is 3.52. The largest absolute Gasteiger partial charge is 0.378 e. The average molecular weight is 299 g/mol. The first-order chi connectivity index (χ1) is 10.1. The number of rotatable bonds is 3.